The zero-order valence-electron chi connectivity index (χ0n) is 23.6. The van der Waals surface area contributed by atoms with Gasteiger partial charge in [-0.2, -0.15) is 0 Å². The number of benzene rings is 3. The van der Waals surface area contributed by atoms with E-state index >= 15 is 0 Å². The molecule has 1 fully saturated rings. The maximum atomic E-state index is 14.1. The molecule has 3 aromatic rings. The van der Waals surface area contributed by atoms with Crippen LogP contribution in [0.25, 0.3) is 0 Å². The highest BCUT2D eigenvalue weighted by molar-refractivity contribution is 7.92. The summed E-state index contributed by atoms with van der Waals surface area (Å²) in [5, 5.41) is 3.29. The number of amides is 2. The van der Waals surface area contributed by atoms with Crippen molar-refractivity contribution in [3.8, 4) is 5.75 Å². The molecule has 8 nitrogen and oxygen atoms in total. The van der Waals surface area contributed by atoms with Gasteiger partial charge in [-0.05, 0) is 54.3 Å². The van der Waals surface area contributed by atoms with Gasteiger partial charge in [0.15, 0.2) is 0 Å². The normalized spacial score (nSPS) is 14.3. The van der Waals surface area contributed by atoms with Crippen LogP contribution in [-0.2, 0) is 32.6 Å². The maximum Gasteiger partial charge on any atom is 0.244 e. The lowest BCUT2D eigenvalue weighted by molar-refractivity contribution is -0.140. The van der Waals surface area contributed by atoms with Crippen LogP contribution in [0.4, 0.5) is 10.1 Å². The second-order valence-corrected chi connectivity index (χ2v) is 12.7. The molecule has 0 unspecified atom stereocenters. The second-order valence-electron chi connectivity index (χ2n) is 10.4. The molecule has 0 bridgehead atoms. The number of halogens is 2. The van der Waals surface area contributed by atoms with Crippen LogP contribution in [0.5, 0.6) is 5.75 Å². The Labute approximate surface area is 251 Å². The SMILES string of the molecule is COc1ccc(N(CC(=O)N(Cc2ccc(F)cc2)[C@@H](Cc2ccccc2)C(=O)NC2CCCC2)S(C)(=O)=O)cc1Cl. The Balaban J connectivity index is 1.72. The summed E-state index contributed by atoms with van der Waals surface area (Å²) in [5.74, 6) is -1.00. The minimum absolute atomic E-state index is 0.00695. The van der Waals surface area contributed by atoms with Crippen LogP contribution >= 0.6 is 11.6 Å². The molecule has 2 amide bonds. The Kier molecular flexibility index (Phi) is 10.5. The molecule has 42 heavy (non-hydrogen) atoms. The third kappa shape index (κ3) is 8.23. The van der Waals surface area contributed by atoms with E-state index < -0.39 is 34.3 Å². The van der Waals surface area contributed by atoms with Crippen molar-refractivity contribution in [2.24, 2.45) is 0 Å². The van der Waals surface area contributed by atoms with Crippen LogP contribution in [0.15, 0.2) is 72.8 Å². The van der Waals surface area contributed by atoms with Crippen LogP contribution in [0.1, 0.15) is 36.8 Å². The number of carbonyl (C=O) groups excluding carboxylic acids is 2. The molecule has 0 radical (unpaired) electrons. The van der Waals surface area contributed by atoms with Gasteiger partial charge < -0.3 is 15.0 Å². The van der Waals surface area contributed by atoms with Crippen LogP contribution in [0.3, 0.4) is 0 Å². The van der Waals surface area contributed by atoms with Crippen molar-refractivity contribution in [3.05, 3.63) is 94.8 Å². The predicted molar refractivity (Wildman–Crippen MR) is 161 cm³/mol. The molecule has 0 saturated heterocycles. The van der Waals surface area contributed by atoms with Gasteiger partial charge in [0, 0.05) is 19.0 Å². The van der Waals surface area contributed by atoms with Gasteiger partial charge in [-0.1, -0.05) is 66.9 Å². The highest BCUT2D eigenvalue weighted by atomic mass is 35.5. The lowest BCUT2D eigenvalue weighted by Gasteiger charge is -2.34. The zero-order chi connectivity index (χ0) is 30.3. The van der Waals surface area contributed by atoms with E-state index in [0.717, 1.165) is 41.8 Å². The minimum atomic E-state index is -3.95. The Hall–Kier alpha value is -3.63. The molecule has 1 N–H and O–H groups in total. The number of carbonyl (C=O) groups is 2. The van der Waals surface area contributed by atoms with Gasteiger partial charge in [0.1, 0.15) is 24.2 Å². The molecule has 11 heteroatoms. The molecule has 0 spiro atoms. The molecule has 3 aromatic carbocycles. The van der Waals surface area contributed by atoms with Crippen LogP contribution < -0.4 is 14.4 Å². The molecule has 4 rings (SSSR count). The van der Waals surface area contributed by atoms with Crippen molar-refractivity contribution in [1.82, 2.24) is 10.2 Å². The van der Waals surface area contributed by atoms with Crippen molar-refractivity contribution in [3.63, 3.8) is 0 Å². The zero-order valence-corrected chi connectivity index (χ0v) is 25.2. The highest BCUT2D eigenvalue weighted by Gasteiger charge is 2.34. The van der Waals surface area contributed by atoms with E-state index in [-0.39, 0.29) is 35.6 Å². The van der Waals surface area contributed by atoms with Gasteiger partial charge in [0.25, 0.3) is 0 Å². The lowest BCUT2D eigenvalue weighted by atomic mass is 10.0. The van der Waals surface area contributed by atoms with Crippen molar-refractivity contribution in [1.29, 1.82) is 0 Å². The summed E-state index contributed by atoms with van der Waals surface area (Å²) in [5.41, 5.74) is 1.60. The van der Waals surface area contributed by atoms with Crippen LogP contribution in [0, 0.1) is 5.82 Å². The van der Waals surface area contributed by atoms with Gasteiger partial charge in [-0.3, -0.25) is 13.9 Å². The quantitative estimate of drug-likeness (QED) is 0.311. The number of methoxy groups -OCH3 is 1. The fourth-order valence-corrected chi connectivity index (χ4v) is 6.23. The number of sulfonamides is 1. The molecule has 1 saturated carbocycles. The first-order valence-electron chi connectivity index (χ1n) is 13.7. The fourth-order valence-electron chi connectivity index (χ4n) is 5.13. The minimum Gasteiger partial charge on any atom is -0.495 e. The molecule has 0 aromatic heterocycles. The number of rotatable bonds is 12. The van der Waals surface area contributed by atoms with E-state index in [4.69, 9.17) is 16.3 Å². The Morgan fingerprint density at radius 2 is 1.69 bits per heavy atom. The topological polar surface area (TPSA) is 96.0 Å². The van der Waals surface area contributed by atoms with E-state index in [1.165, 1.54) is 42.3 Å². The van der Waals surface area contributed by atoms with Crippen LogP contribution in [-0.4, -0.2) is 57.1 Å². The van der Waals surface area contributed by atoms with E-state index in [2.05, 4.69) is 5.32 Å². The summed E-state index contributed by atoms with van der Waals surface area (Å²) < 4.78 is 45.7. The number of ether oxygens (including phenoxy) is 1. The Bertz CT molecular complexity index is 1480. The smallest absolute Gasteiger partial charge is 0.244 e. The Morgan fingerprint density at radius 1 is 1.02 bits per heavy atom. The lowest BCUT2D eigenvalue weighted by Crippen LogP contribution is -2.54. The van der Waals surface area contributed by atoms with Crippen molar-refractivity contribution >= 4 is 39.1 Å². The number of anilines is 1. The van der Waals surface area contributed by atoms with Crippen molar-refractivity contribution < 1.29 is 27.1 Å². The van der Waals surface area contributed by atoms with Crippen LogP contribution in [0.2, 0.25) is 5.02 Å². The van der Waals surface area contributed by atoms with Gasteiger partial charge >= 0.3 is 0 Å². The summed E-state index contributed by atoms with van der Waals surface area (Å²) in [6, 6.07) is 18.4. The first-order chi connectivity index (χ1) is 20.0. The second kappa shape index (κ2) is 14.0. The number of nitrogens with one attached hydrogen (secondary N) is 1. The number of hydrogen-bond donors (Lipinski definition) is 1. The summed E-state index contributed by atoms with van der Waals surface area (Å²) in [7, 11) is -2.51. The standard InChI is InChI=1S/C31H35ClFN3O5S/c1-41-29-17-16-26(19-27(29)32)36(42(2,39)40)21-30(37)35(20-23-12-14-24(33)15-13-23)28(18-22-8-4-3-5-9-22)31(38)34-25-10-6-7-11-25/h3-5,8-9,12-17,19,25,28H,6-7,10-11,18,20-21H2,1-2H3,(H,34,38)/t28-/m0/s1. The number of nitrogens with zero attached hydrogens (tertiary/aromatic N) is 2. The first kappa shape index (κ1) is 31.3. The van der Waals surface area contributed by atoms with E-state index in [0.29, 0.717) is 11.3 Å². The summed E-state index contributed by atoms with van der Waals surface area (Å²) in [4.78, 5) is 29.4. The van der Waals surface area contributed by atoms with Gasteiger partial charge in [0.2, 0.25) is 21.8 Å². The first-order valence-corrected chi connectivity index (χ1v) is 16.0. The van der Waals surface area contributed by atoms with E-state index in [1.54, 1.807) is 12.1 Å². The van der Waals surface area contributed by atoms with Gasteiger partial charge in [-0.15, -0.1) is 0 Å². The average Bonchev–Trinajstić information content (AvgIpc) is 3.47. The Morgan fingerprint density at radius 3 is 2.29 bits per heavy atom. The predicted octanol–water partition coefficient (Wildman–Crippen LogP) is 4.95. The third-order valence-electron chi connectivity index (χ3n) is 7.34. The molecule has 1 aliphatic carbocycles. The van der Waals surface area contributed by atoms with Gasteiger partial charge in [-0.25, -0.2) is 12.8 Å². The highest BCUT2D eigenvalue weighted by Crippen LogP contribution is 2.30. The third-order valence-corrected chi connectivity index (χ3v) is 8.78. The summed E-state index contributed by atoms with van der Waals surface area (Å²) >= 11 is 6.28. The molecule has 1 aliphatic rings. The average molecular weight is 616 g/mol. The molecule has 0 aliphatic heterocycles. The van der Waals surface area contributed by atoms with E-state index in [9.17, 15) is 22.4 Å². The van der Waals surface area contributed by atoms with Crippen molar-refractivity contribution in [2.45, 2.75) is 50.7 Å². The maximum absolute atomic E-state index is 14.1. The summed E-state index contributed by atoms with van der Waals surface area (Å²) in [6.07, 6.45) is 4.95. The monoisotopic (exact) mass is 615 g/mol. The van der Waals surface area contributed by atoms with Gasteiger partial charge in [0.05, 0.1) is 24.1 Å². The van der Waals surface area contributed by atoms with E-state index in [1.807, 2.05) is 30.3 Å². The molecular weight excluding hydrogens is 581 g/mol. The molecule has 0 heterocycles. The van der Waals surface area contributed by atoms with Crippen molar-refractivity contribution in [2.75, 3.05) is 24.2 Å². The largest absolute Gasteiger partial charge is 0.495 e. The fraction of sp³-hybridized carbons (Fsp3) is 0.355. The summed E-state index contributed by atoms with van der Waals surface area (Å²) in [6.45, 7) is -0.611. The molecule has 224 valence electrons. The number of hydrogen-bond acceptors (Lipinski definition) is 5. The molecular formula is C31H35ClFN3O5S. The molecule has 1 atom stereocenters.